The highest BCUT2D eigenvalue weighted by atomic mass is 16.2. The van der Waals surface area contributed by atoms with E-state index in [1.54, 1.807) is 0 Å². The highest BCUT2D eigenvalue weighted by molar-refractivity contribution is 5.82. The Morgan fingerprint density at radius 2 is 2.25 bits per heavy atom. The predicted molar refractivity (Wildman–Crippen MR) is 66.4 cm³/mol. The average molecular weight is 227 g/mol. The van der Waals surface area contributed by atoms with E-state index in [-0.39, 0.29) is 11.9 Å². The first-order chi connectivity index (χ1) is 7.61. The van der Waals surface area contributed by atoms with Crippen molar-refractivity contribution in [1.29, 1.82) is 0 Å². The summed E-state index contributed by atoms with van der Waals surface area (Å²) in [5.41, 5.74) is 0. The maximum atomic E-state index is 11.9. The van der Waals surface area contributed by atoms with Crippen molar-refractivity contribution in [3.8, 4) is 0 Å². The highest BCUT2D eigenvalue weighted by Crippen LogP contribution is 2.15. The molecule has 1 rings (SSSR count). The summed E-state index contributed by atoms with van der Waals surface area (Å²) in [6, 6.07) is 0.0214. The van der Waals surface area contributed by atoms with Gasteiger partial charge in [0.25, 0.3) is 0 Å². The van der Waals surface area contributed by atoms with Gasteiger partial charge in [-0.05, 0) is 52.4 Å². The molecule has 4 nitrogen and oxygen atoms in total. The van der Waals surface area contributed by atoms with Gasteiger partial charge in [0, 0.05) is 6.54 Å². The van der Waals surface area contributed by atoms with Crippen molar-refractivity contribution in [2.75, 3.05) is 33.7 Å². The molecule has 0 aromatic carbocycles. The number of carbonyl (C=O) groups is 1. The Morgan fingerprint density at radius 3 is 2.88 bits per heavy atom. The number of nitrogens with one attached hydrogen (secondary N) is 2. The fourth-order valence-corrected chi connectivity index (χ4v) is 2.12. The Hall–Kier alpha value is -0.610. The Bertz CT molecular complexity index is 218. The molecule has 2 unspecified atom stereocenters. The van der Waals surface area contributed by atoms with Gasteiger partial charge < -0.3 is 15.5 Å². The molecule has 1 aliphatic rings. The molecule has 1 aliphatic heterocycles. The summed E-state index contributed by atoms with van der Waals surface area (Å²) in [5, 5.41) is 6.31. The summed E-state index contributed by atoms with van der Waals surface area (Å²) in [5.74, 6) is 0.633. The molecule has 0 radical (unpaired) electrons. The maximum Gasteiger partial charge on any atom is 0.237 e. The number of amides is 1. The van der Waals surface area contributed by atoms with E-state index in [1.165, 1.54) is 6.42 Å². The van der Waals surface area contributed by atoms with Gasteiger partial charge in [-0.2, -0.15) is 0 Å². The third-order valence-electron chi connectivity index (χ3n) is 3.13. The molecule has 1 amide bonds. The Kier molecular flexibility index (Phi) is 5.77. The zero-order valence-corrected chi connectivity index (χ0v) is 10.8. The van der Waals surface area contributed by atoms with Crippen LogP contribution in [0.15, 0.2) is 0 Å². The molecule has 1 fully saturated rings. The summed E-state index contributed by atoms with van der Waals surface area (Å²) in [6.45, 7) is 4.92. The van der Waals surface area contributed by atoms with E-state index >= 15 is 0 Å². The molecule has 1 heterocycles. The smallest absolute Gasteiger partial charge is 0.237 e. The molecule has 0 saturated carbocycles. The fraction of sp³-hybridized carbons (Fsp3) is 0.917. The van der Waals surface area contributed by atoms with Gasteiger partial charge in [-0.15, -0.1) is 0 Å². The van der Waals surface area contributed by atoms with Gasteiger partial charge in [-0.3, -0.25) is 4.79 Å². The topological polar surface area (TPSA) is 44.4 Å². The van der Waals surface area contributed by atoms with Crippen LogP contribution in [-0.2, 0) is 4.79 Å². The largest absolute Gasteiger partial charge is 0.355 e. The van der Waals surface area contributed by atoms with Gasteiger partial charge in [0.1, 0.15) is 0 Å². The van der Waals surface area contributed by atoms with E-state index in [4.69, 9.17) is 0 Å². The van der Waals surface area contributed by atoms with Gasteiger partial charge in [0.05, 0.1) is 6.04 Å². The minimum atomic E-state index is 0.0214. The number of carbonyl (C=O) groups excluding carboxylic acids is 1. The number of nitrogens with zero attached hydrogens (tertiary/aromatic N) is 1. The SMILES string of the molecule is CC1CCCNC1C(=O)NCCCN(C)C. The lowest BCUT2D eigenvalue weighted by Gasteiger charge is -2.29. The molecule has 4 heteroatoms. The highest BCUT2D eigenvalue weighted by Gasteiger charge is 2.26. The second-order valence-electron chi connectivity index (χ2n) is 5.00. The van der Waals surface area contributed by atoms with Crippen LogP contribution in [0.2, 0.25) is 0 Å². The molecule has 0 aromatic heterocycles. The van der Waals surface area contributed by atoms with Crippen LogP contribution < -0.4 is 10.6 Å². The Morgan fingerprint density at radius 1 is 1.50 bits per heavy atom. The lowest BCUT2D eigenvalue weighted by molar-refractivity contribution is -0.124. The van der Waals surface area contributed by atoms with E-state index in [2.05, 4.69) is 22.5 Å². The second-order valence-corrected chi connectivity index (χ2v) is 5.00. The summed E-state index contributed by atoms with van der Waals surface area (Å²) in [6.07, 6.45) is 3.36. The van der Waals surface area contributed by atoms with Crippen LogP contribution in [0.1, 0.15) is 26.2 Å². The first-order valence-electron chi connectivity index (χ1n) is 6.27. The van der Waals surface area contributed by atoms with Crippen LogP contribution in [0.3, 0.4) is 0 Å². The molecule has 0 spiro atoms. The third-order valence-corrected chi connectivity index (χ3v) is 3.13. The van der Waals surface area contributed by atoms with Gasteiger partial charge in [0.15, 0.2) is 0 Å². The molecule has 94 valence electrons. The van der Waals surface area contributed by atoms with Gasteiger partial charge in [-0.1, -0.05) is 6.92 Å². The van der Waals surface area contributed by atoms with Crippen LogP contribution in [0, 0.1) is 5.92 Å². The molecule has 2 N–H and O–H groups in total. The van der Waals surface area contributed by atoms with Crippen LogP contribution in [0.4, 0.5) is 0 Å². The molecule has 1 saturated heterocycles. The minimum absolute atomic E-state index is 0.0214. The Balaban J connectivity index is 2.18. The minimum Gasteiger partial charge on any atom is -0.355 e. The summed E-state index contributed by atoms with van der Waals surface area (Å²) in [7, 11) is 4.10. The van der Waals surface area contributed by atoms with Gasteiger partial charge >= 0.3 is 0 Å². The fourth-order valence-electron chi connectivity index (χ4n) is 2.12. The number of hydrogen-bond donors (Lipinski definition) is 2. The van der Waals surface area contributed by atoms with Crippen molar-refractivity contribution in [3.05, 3.63) is 0 Å². The van der Waals surface area contributed by atoms with Crippen molar-refractivity contribution < 1.29 is 4.79 Å². The molecule has 0 aromatic rings. The summed E-state index contributed by atoms with van der Waals surface area (Å²) >= 11 is 0. The summed E-state index contributed by atoms with van der Waals surface area (Å²) in [4.78, 5) is 14.0. The molecular formula is C12H25N3O. The zero-order valence-electron chi connectivity index (χ0n) is 10.8. The van der Waals surface area contributed by atoms with E-state index < -0.39 is 0 Å². The standard InChI is InChI=1S/C12H25N3O/c1-10-6-4-7-13-11(10)12(16)14-8-5-9-15(2)3/h10-11,13H,4-9H2,1-3H3,(H,14,16). The van der Waals surface area contributed by atoms with E-state index in [9.17, 15) is 4.79 Å². The number of hydrogen-bond acceptors (Lipinski definition) is 3. The van der Waals surface area contributed by atoms with Crippen LogP contribution in [-0.4, -0.2) is 50.6 Å². The molecule has 0 bridgehead atoms. The zero-order chi connectivity index (χ0) is 12.0. The number of rotatable bonds is 5. The molecule has 2 atom stereocenters. The molecule has 16 heavy (non-hydrogen) atoms. The second kappa shape index (κ2) is 6.86. The van der Waals surface area contributed by atoms with Crippen molar-refractivity contribution in [2.45, 2.75) is 32.2 Å². The van der Waals surface area contributed by atoms with Crippen LogP contribution in [0.25, 0.3) is 0 Å². The molecule has 0 aliphatic carbocycles. The van der Waals surface area contributed by atoms with Gasteiger partial charge in [-0.25, -0.2) is 0 Å². The monoisotopic (exact) mass is 227 g/mol. The molecular weight excluding hydrogens is 202 g/mol. The van der Waals surface area contributed by atoms with Crippen molar-refractivity contribution in [1.82, 2.24) is 15.5 Å². The predicted octanol–water partition coefficient (Wildman–Crippen LogP) is 0.442. The third kappa shape index (κ3) is 4.49. The average Bonchev–Trinajstić information content (AvgIpc) is 2.24. The quantitative estimate of drug-likeness (QED) is 0.670. The van der Waals surface area contributed by atoms with Crippen LogP contribution in [0.5, 0.6) is 0 Å². The lowest BCUT2D eigenvalue weighted by Crippen LogP contribution is -2.51. The van der Waals surface area contributed by atoms with Crippen molar-refractivity contribution in [2.24, 2.45) is 5.92 Å². The van der Waals surface area contributed by atoms with Crippen molar-refractivity contribution >= 4 is 5.91 Å². The normalized spacial score (nSPS) is 25.8. The lowest BCUT2D eigenvalue weighted by atomic mass is 9.92. The first-order valence-corrected chi connectivity index (χ1v) is 6.27. The summed E-state index contributed by atoms with van der Waals surface area (Å²) < 4.78 is 0. The van der Waals surface area contributed by atoms with Gasteiger partial charge in [0.2, 0.25) is 5.91 Å². The van der Waals surface area contributed by atoms with E-state index in [1.807, 2.05) is 14.1 Å². The maximum absolute atomic E-state index is 11.9. The number of piperidine rings is 1. The van der Waals surface area contributed by atoms with Crippen LogP contribution >= 0.6 is 0 Å². The van der Waals surface area contributed by atoms with E-state index in [0.717, 1.165) is 32.5 Å². The first kappa shape index (κ1) is 13.5. The van der Waals surface area contributed by atoms with Crippen molar-refractivity contribution in [3.63, 3.8) is 0 Å². The van der Waals surface area contributed by atoms with E-state index in [0.29, 0.717) is 5.92 Å². The Labute approximate surface area is 98.8 Å².